The topological polar surface area (TPSA) is 64.2 Å². The summed E-state index contributed by atoms with van der Waals surface area (Å²) in [6.45, 7) is 5.21. The van der Waals surface area contributed by atoms with E-state index in [0.717, 1.165) is 50.0 Å². The third-order valence-corrected chi connectivity index (χ3v) is 8.43. The van der Waals surface area contributed by atoms with E-state index in [0.29, 0.717) is 32.6 Å². The first-order valence-corrected chi connectivity index (χ1v) is 13.8. The molecule has 3 amide bonds. The molecule has 2 aromatic carbocycles. The number of amides is 3. The van der Waals surface area contributed by atoms with Gasteiger partial charge >= 0.3 is 0 Å². The van der Waals surface area contributed by atoms with Crippen LogP contribution in [0.2, 0.25) is 0 Å². The number of likely N-dealkylation sites (tertiary alicyclic amines) is 2. The van der Waals surface area contributed by atoms with Crippen LogP contribution in [0.25, 0.3) is 0 Å². The first-order chi connectivity index (χ1) is 18.0. The SMILES string of the molecule is CCC(C(=O)N1CCC2(CC1)C(=O)N(CC(=O)N1CCCCC1)CN2c1ccccc1)c1ccccc1. The van der Waals surface area contributed by atoms with Gasteiger partial charge in [0.25, 0.3) is 5.91 Å². The van der Waals surface area contributed by atoms with Gasteiger partial charge < -0.3 is 19.6 Å². The number of rotatable bonds is 6. The summed E-state index contributed by atoms with van der Waals surface area (Å²) < 4.78 is 0. The van der Waals surface area contributed by atoms with Crippen LogP contribution < -0.4 is 4.90 Å². The minimum Gasteiger partial charge on any atom is -0.342 e. The van der Waals surface area contributed by atoms with E-state index in [1.807, 2.05) is 70.5 Å². The van der Waals surface area contributed by atoms with Gasteiger partial charge in [-0.05, 0) is 56.2 Å². The van der Waals surface area contributed by atoms with Crippen molar-refractivity contribution < 1.29 is 14.4 Å². The molecule has 0 bridgehead atoms. The van der Waals surface area contributed by atoms with Crippen LogP contribution in [0.3, 0.4) is 0 Å². The molecule has 0 radical (unpaired) electrons. The fraction of sp³-hybridized carbons (Fsp3) is 0.500. The summed E-state index contributed by atoms with van der Waals surface area (Å²) in [6, 6.07) is 20.0. The Morgan fingerprint density at radius 2 is 1.46 bits per heavy atom. The minimum atomic E-state index is -0.727. The second kappa shape index (κ2) is 11.0. The molecule has 2 aromatic rings. The maximum absolute atomic E-state index is 14.0. The third-order valence-electron chi connectivity index (χ3n) is 8.43. The monoisotopic (exact) mass is 502 g/mol. The van der Waals surface area contributed by atoms with Crippen molar-refractivity contribution in [1.82, 2.24) is 14.7 Å². The lowest BCUT2D eigenvalue weighted by molar-refractivity contribution is -0.142. The van der Waals surface area contributed by atoms with Crippen molar-refractivity contribution in [2.75, 3.05) is 44.3 Å². The van der Waals surface area contributed by atoms with Crippen molar-refractivity contribution in [3.63, 3.8) is 0 Å². The van der Waals surface area contributed by atoms with E-state index in [9.17, 15) is 14.4 Å². The maximum atomic E-state index is 14.0. The van der Waals surface area contributed by atoms with Crippen LogP contribution in [0.4, 0.5) is 5.69 Å². The molecule has 1 atom stereocenters. The van der Waals surface area contributed by atoms with Crippen molar-refractivity contribution in [2.24, 2.45) is 0 Å². The number of anilines is 1. The van der Waals surface area contributed by atoms with E-state index in [4.69, 9.17) is 0 Å². The third kappa shape index (κ3) is 4.96. The quantitative estimate of drug-likeness (QED) is 0.602. The molecule has 0 aliphatic carbocycles. The van der Waals surface area contributed by atoms with E-state index in [-0.39, 0.29) is 30.2 Å². The number of hydrogen-bond acceptors (Lipinski definition) is 4. The highest BCUT2D eigenvalue weighted by Crippen LogP contribution is 2.40. The van der Waals surface area contributed by atoms with E-state index in [1.54, 1.807) is 4.90 Å². The van der Waals surface area contributed by atoms with Crippen molar-refractivity contribution in [2.45, 2.75) is 56.9 Å². The van der Waals surface area contributed by atoms with Crippen molar-refractivity contribution >= 4 is 23.4 Å². The zero-order valence-electron chi connectivity index (χ0n) is 21.8. The molecule has 0 N–H and O–H groups in total. The van der Waals surface area contributed by atoms with Gasteiger partial charge in [-0.3, -0.25) is 14.4 Å². The second-order valence-corrected chi connectivity index (χ2v) is 10.6. The molecule has 196 valence electrons. The molecule has 3 aliphatic rings. The van der Waals surface area contributed by atoms with Crippen LogP contribution in [-0.4, -0.2) is 77.4 Å². The predicted octanol–water partition coefficient (Wildman–Crippen LogP) is 3.86. The minimum absolute atomic E-state index is 0.0175. The summed E-state index contributed by atoms with van der Waals surface area (Å²) in [5.74, 6) is 0.0269. The van der Waals surface area contributed by atoms with Gasteiger partial charge in [0.2, 0.25) is 11.8 Å². The number of hydrogen-bond donors (Lipinski definition) is 0. The first-order valence-electron chi connectivity index (χ1n) is 13.8. The summed E-state index contributed by atoms with van der Waals surface area (Å²) in [7, 11) is 0. The fourth-order valence-corrected chi connectivity index (χ4v) is 6.28. The lowest BCUT2D eigenvalue weighted by atomic mass is 9.84. The van der Waals surface area contributed by atoms with Crippen LogP contribution in [-0.2, 0) is 14.4 Å². The van der Waals surface area contributed by atoms with E-state index in [1.165, 1.54) is 0 Å². The highest BCUT2D eigenvalue weighted by molar-refractivity contribution is 5.96. The fourth-order valence-electron chi connectivity index (χ4n) is 6.28. The summed E-state index contributed by atoms with van der Waals surface area (Å²) in [6.07, 6.45) is 5.09. The molecule has 1 spiro atoms. The summed E-state index contributed by atoms with van der Waals surface area (Å²) >= 11 is 0. The van der Waals surface area contributed by atoms with Gasteiger partial charge in [-0.15, -0.1) is 0 Å². The Kier molecular flexibility index (Phi) is 7.49. The summed E-state index contributed by atoms with van der Waals surface area (Å²) in [4.78, 5) is 48.3. The van der Waals surface area contributed by atoms with Gasteiger partial charge in [-0.1, -0.05) is 55.5 Å². The Hall–Kier alpha value is -3.35. The smallest absolute Gasteiger partial charge is 0.250 e. The molecule has 3 saturated heterocycles. The van der Waals surface area contributed by atoms with Gasteiger partial charge in [-0.2, -0.15) is 0 Å². The van der Waals surface area contributed by atoms with Gasteiger partial charge in [0.05, 0.1) is 12.6 Å². The molecule has 1 unspecified atom stereocenters. The van der Waals surface area contributed by atoms with Crippen molar-refractivity contribution in [3.05, 3.63) is 66.2 Å². The molecule has 7 heteroatoms. The highest BCUT2D eigenvalue weighted by atomic mass is 16.2. The standard InChI is InChI=1S/C30H38N4O3/c1-2-26(24-12-6-3-7-13-24)28(36)32-20-16-30(17-21-32)29(37)33(22-27(35)31-18-10-5-11-19-31)23-34(30)25-14-8-4-9-15-25/h3-4,6-9,12-15,26H,2,5,10-11,16-23H2,1H3. The Morgan fingerprint density at radius 1 is 0.838 bits per heavy atom. The van der Waals surface area contributed by atoms with Crippen LogP contribution in [0, 0.1) is 0 Å². The van der Waals surface area contributed by atoms with Crippen LogP contribution >= 0.6 is 0 Å². The van der Waals surface area contributed by atoms with Crippen molar-refractivity contribution in [3.8, 4) is 0 Å². The summed E-state index contributed by atoms with van der Waals surface area (Å²) in [5.41, 5.74) is 1.30. The molecule has 5 rings (SSSR count). The van der Waals surface area contributed by atoms with Crippen LogP contribution in [0.15, 0.2) is 60.7 Å². The van der Waals surface area contributed by atoms with Gasteiger partial charge in [-0.25, -0.2) is 0 Å². The first kappa shape index (κ1) is 25.3. The van der Waals surface area contributed by atoms with E-state index in [2.05, 4.69) is 11.8 Å². The zero-order valence-corrected chi connectivity index (χ0v) is 21.8. The maximum Gasteiger partial charge on any atom is 0.250 e. The van der Waals surface area contributed by atoms with Crippen LogP contribution in [0.5, 0.6) is 0 Å². The second-order valence-electron chi connectivity index (χ2n) is 10.6. The average Bonchev–Trinajstić information content (AvgIpc) is 3.21. The number of benzene rings is 2. The number of carbonyl (C=O) groups excluding carboxylic acids is 3. The molecule has 7 nitrogen and oxygen atoms in total. The Labute approximate surface area is 220 Å². The summed E-state index contributed by atoms with van der Waals surface area (Å²) in [5, 5.41) is 0. The Balaban J connectivity index is 1.33. The Bertz CT molecular complexity index is 1090. The van der Waals surface area contributed by atoms with Crippen LogP contribution in [0.1, 0.15) is 56.9 Å². The van der Waals surface area contributed by atoms with E-state index < -0.39 is 5.54 Å². The molecule has 0 aromatic heterocycles. The molecular formula is C30H38N4O3. The highest BCUT2D eigenvalue weighted by Gasteiger charge is 2.54. The average molecular weight is 503 g/mol. The van der Waals surface area contributed by atoms with Gasteiger partial charge in [0.1, 0.15) is 12.1 Å². The number of nitrogens with zero attached hydrogens (tertiary/aromatic N) is 4. The number of carbonyl (C=O) groups is 3. The number of piperidine rings is 2. The van der Waals surface area contributed by atoms with Gasteiger partial charge in [0, 0.05) is 31.9 Å². The molecule has 0 saturated carbocycles. The lowest BCUT2D eigenvalue weighted by Crippen LogP contribution is -2.58. The molecule has 3 heterocycles. The molecule has 3 aliphatic heterocycles. The lowest BCUT2D eigenvalue weighted by Gasteiger charge is -2.44. The zero-order chi connectivity index (χ0) is 25.8. The normalized spacial score (nSPS) is 20.4. The van der Waals surface area contributed by atoms with Crippen molar-refractivity contribution in [1.29, 1.82) is 0 Å². The number of para-hydroxylation sites is 1. The molecule has 3 fully saturated rings. The largest absolute Gasteiger partial charge is 0.342 e. The molecular weight excluding hydrogens is 464 g/mol. The van der Waals surface area contributed by atoms with Gasteiger partial charge in [0.15, 0.2) is 0 Å². The Morgan fingerprint density at radius 3 is 2.08 bits per heavy atom. The van der Waals surface area contributed by atoms with E-state index >= 15 is 0 Å². The predicted molar refractivity (Wildman–Crippen MR) is 144 cm³/mol. The molecule has 37 heavy (non-hydrogen) atoms.